The number of amides is 1. The van der Waals surface area contributed by atoms with Crippen molar-refractivity contribution in [2.75, 3.05) is 7.11 Å². The molecule has 0 heterocycles. The van der Waals surface area contributed by atoms with Gasteiger partial charge >= 0.3 is 0 Å². The van der Waals surface area contributed by atoms with Crippen LogP contribution in [0.15, 0.2) is 41.5 Å². The zero-order chi connectivity index (χ0) is 23.6. The quantitative estimate of drug-likeness (QED) is 0.209. The molecule has 0 saturated heterocycles. The molecule has 1 N–H and O–H groups in total. The number of ether oxygens (including phenoxy) is 2. The lowest BCUT2D eigenvalue weighted by atomic mass is 9.90. The fourth-order valence-corrected chi connectivity index (χ4v) is 5.70. The zero-order valence-corrected chi connectivity index (χ0v) is 20.7. The molecule has 0 unspecified atom stereocenters. The average molecular weight is 563 g/mol. The maximum Gasteiger partial charge on any atom is 0.269 e. The molecule has 4 rings (SSSR count). The number of nitrogens with one attached hydrogen (secondary N) is 1. The van der Waals surface area contributed by atoms with E-state index in [1.165, 1.54) is 25.0 Å². The standard InChI is InChI=1S/C24H26IN3O5/c1-24-10-4-3-5-18(24)21(24)23(29)27-26-13-16-11-19(25)22(20(12-16)32-2)33-14-15-6-8-17(9-7-15)28(30)31/h6-9,11-13,18,21H,3-5,10,14H2,1-2H3,(H,27,29)/b26-13-/t18-,21+,24-/m1/s1. The van der Waals surface area contributed by atoms with Gasteiger partial charge in [-0.1, -0.05) is 19.8 Å². The minimum atomic E-state index is -0.433. The van der Waals surface area contributed by atoms with E-state index in [4.69, 9.17) is 9.47 Å². The second-order valence-corrected chi connectivity index (χ2v) is 9.98. The number of carbonyl (C=O) groups excluding carboxylic acids is 1. The summed E-state index contributed by atoms with van der Waals surface area (Å²) in [7, 11) is 1.56. The summed E-state index contributed by atoms with van der Waals surface area (Å²) in [5, 5.41) is 15.0. The maximum atomic E-state index is 12.6. The third-order valence-electron chi connectivity index (χ3n) is 6.78. The number of nitro benzene ring substituents is 1. The first kappa shape index (κ1) is 23.5. The molecule has 2 fully saturated rings. The van der Waals surface area contributed by atoms with Crippen molar-refractivity contribution in [3.63, 3.8) is 0 Å². The third-order valence-corrected chi connectivity index (χ3v) is 7.59. The van der Waals surface area contributed by atoms with Crippen molar-refractivity contribution in [3.05, 3.63) is 61.2 Å². The molecule has 2 aromatic rings. The van der Waals surface area contributed by atoms with Crippen LogP contribution in [0.1, 0.15) is 43.7 Å². The number of fused-ring (bicyclic) bond motifs is 1. The first-order valence-corrected chi connectivity index (χ1v) is 12.0. The molecular weight excluding hydrogens is 537 g/mol. The topological polar surface area (TPSA) is 103 Å². The molecule has 9 heteroatoms. The summed E-state index contributed by atoms with van der Waals surface area (Å²) in [5.41, 5.74) is 4.49. The first-order chi connectivity index (χ1) is 15.8. The number of hydrogen-bond donors (Lipinski definition) is 1. The molecule has 1 amide bonds. The molecule has 8 nitrogen and oxygen atoms in total. The summed E-state index contributed by atoms with van der Waals surface area (Å²) < 4.78 is 12.2. The number of methoxy groups -OCH3 is 1. The van der Waals surface area contributed by atoms with Crippen LogP contribution in [0.2, 0.25) is 0 Å². The first-order valence-electron chi connectivity index (χ1n) is 10.9. The van der Waals surface area contributed by atoms with Gasteiger partial charge in [0.1, 0.15) is 6.61 Å². The van der Waals surface area contributed by atoms with Gasteiger partial charge in [-0.25, -0.2) is 5.43 Å². The van der Waals surface area contributed by atoms with Crippen LogP contribution in [0.5, 0.6) is 11.5 Å². The zero-order valence-electron chi connectivity index (χ0n) is 18.5. The molecule has 33 heavy (non-hydrogen) atoms. The smallest absolute Gasteiger partial charge is 0.269 e. The number of benzene rings is 2. The Balaban J connectivity index is 1.38. The monoisotopic (exact) mass is 563 g/mol. The number of nitrogens with zero attached hydrogens (tertiary/aromatic N) is 2. The average Bonchev–Trinajstić information content (AvgIpc) is 3.43. The van der Waals surface area contributed by atoms with Gasteiger partial charge in [0.25, 0.3) is 5.69 Å². The Hall–Kier alpha value is -2.69. The Labute approximate surface area is 206 Å². The van der Waals surface area contributed by atoms with Gasteiger partial charge in [-0.15, -0.1) is 0 Å². The van der Waals surface area contributed by atoms with Crippen molar-refractivity contribution in [3.8, 4) is 11.5 Å². The Morgan fingerprint density at radius 1 is 1.33 bits per heavy atom. The van der Waals surface area contributed by atoms with Crippen LogP contribution in [0.25, 0.3) is 0 Å². The highest BCUT2D eigenvalue weighted by atomic mass is 127. The molecule has 174 valence electrons. The molecule has 3 atom stereocenters. The van der Waals surface area contributed by atoms with Gasteiger partial charge in [0.2, 0.25) is 5.91 Å². The van der Waals surface area contributed by atoms with Crippen molar-refractivity contribution in [1.82, 2.24) is 5.43 Å². The lowest BCUT2D eigenvalue weighted by molar-refractivity contribution is -0.384. The van der Waals surface area contributed by atoms with E-state index >= 15 is 0 Å². The third kappa shape index (κ3) is 4.97. The van der Waals surface area contributed by atoms with Gasteiger partial charge in [-0.3, -0.25) is 14.9 Å². The van der Waals surface area contributed by atoms with E-state index in [2.05, 4.69) is 40.0 Å². The number of halogens is 1. The maximum absolute atomic E-state index is 12.6. The van der Waals surface area contributed by atoms with E-state index in [0.29, 0.717) is 17.4 Å². The normalized spacial score (nSPS) is 23.6. The highest BCUT2D eigenvalue weighted by molar-refractivity contribution is 14.1. The Morgan fingerprint density at radius 3 is 2.73 bits per heavy atom. The molecule has 0 aromatic heterocycles. The number of non-ortho nitro benzene ring substituents is 1. The summed E-state index contributed by atoms with van der Waals surface area (Å²) in [6.45, 7) is 2.46. The highest BCUT2D eigenvalue weighted by Gasteiger charge is 2.64. The Kier molecular flexibility index (Phi) is 6.87. The van der Waals surface area contributed by atoms with Crippen LogP contribution in [0.4, 0.5) is 5.69 Å². The van der Waals surface area contributed by atoms with E-state index in [1.807, 2.05) is 6.07 Å². The second-order valence-electron chi connectivity index (χ2n) is 8.82. The van der Waals surface area contributed by atoms with E-state index in [0.717, 1.165) is 27.5 Å². The van der Waals surface area contributed by atoms with Crippen molar-refractivity contribution < 1.29 is 19.2 Å². The fraction of sp³-hybridized carbons (Fsp3) is 0.417. The van der Waals surface area contributed by atoms with Gasteiger partial charge in [-0.2, -0.15) is 5.10 Å². The number of nitro groups is 1. The van der Waals surface area contributed by atoms with E-state index < -0.39 is 4.92 Å². The van der Waals surface area contributed by atoms with Crippen LogP contribution in [-0.4, -0.2) is 24.2 Å². The summed E-state index contributed by atoms with van der Waals surface area (Å²) >= 11 is 2.16. The summed E-state index contributed by atoms with van der Waals surface area (Å²) in [6, 6.07) is 9.91. The van der Waals surface area contributed by atoms with Crippen molar-refractivity contribution in [2.45, 2.75) is 39.2 Å². The van der Waals surface area contributed by atoms with Crippen LogP contribution in [0.3, 0.4) is 0 Å². The molecule has 0 spiro atoms. The van der Waals surface area contributed by atoms with Crippen LogP contribution >= 0.6 is 22.6 Å². The minimum Gasteiger partial charge on any atom is -0.493 e. The fourth-order valence-electron chi connectivity index (χ4n) is 4.91. The van der Waals surface area contributed by atoms with Gasteiger partial charge < -0.3 is 9.47 Å². The summed E-state index contributed by atoms with van der Waals surface area (Å²) in [5.74, 6) is 1.69. The van der Waals surface area contributed by atoms with Gasteiger partial charge in [-0.05, 0) is 82.2 Å². The lowest BCUT2D eigenvalue weighted by Gasteiger charge is -2.15. The van der Waals surface area contributed by atoms with Gasteiger partial charge in [0, 0.05) is 18.1 Å². The number of hydrazone groups is 1. The minimum absolute atomic E-state index is 0.00497. The second kappa shape index (κ2) is 9.66. The Morgan fingerprint density at radius 2 is 2.09 bits per heavy atom. The SMILES string of the molecule is COc1cc(/C=N\NC(=O)[C@@H]2[C@H]3CCCC[C@]32C)cc(I)c1OCc1ccc([N+](=O)[O-])cc1. The molecule has 2 aliphatic rings. The summed E-state index contributed by atoms with van der Waals surface area (Å²) in [6.07, 6.45) is 6.28. The predicted molar refractivity (Wildman–Crippen MR) is 132 cm³/mol. The number of hydrogen-bond acceptors (Lipinski definition) is 6. The van der Waals surface area contributed by atoms with E-state index in [1.54, 1.807) is 31.5 Å². The molecule has 0 bridgehead atoms. The van der Waals surface area contributed by atoms with Crippen LogP contribution < -0.4 is 14.9 Å². The van der Waals surface area contributed by atoms with Gasteiger partial charge in [0.15, 0.2) is 11.5 Å². The largest absolute Gasteiger partial charge is 0.493 e. The van der Waals surface area contributed by atoms with E-state index in [-0.39, 0.29) is 29.5 Å². The van der Waals surface area contributed by atoms with Crippen molar-refractivity contribution >= 4 is 40.4 Å². The van der Waals surface area contributed by atoms with Crippen molar-refractivity contribution in [2.24, 2.45) is 22.4 Å². The molecular formula is C24H26IN3O5. The number of rotatable bonds is 8. The van der Waals surface area contributed by atoms with Crippen LogP contribution in [0, 0.1) is 30.9 Å². The Bertz CT molecular complexity index is 1090. The number of carbonyl (C=O) groups is 1. The lowest BCUT2D eigenvalue weighted by Crippen LogP contribution is -2.22. The molecule has 2 aromatic carbocycles. The molecule has 0 aliphatic heterocycles. The van der Waals surface area contributed by atoms with E-state index in [9.17, 15) is 14.9 Å². The highest BCUT2D eigenvalue weighted by Crippen LogP contribution is 2.66. The molecule has 2 aliphatic carbocycles. The van der Waals surface area contributed by atoms with Crippen molar-refractivity contribution in [1.29, 1.82) is 0 Å². The predicted octanol–water partition coefficient (Wildman–Crippen LogP) is 5.06. The van der Waals surface area contributed by atoms with Gasteiger partial charge in [0.05, 0.1) is 21.8 Å². The van der Waals surface area contributed by atoms with Crippen LogP contribution in [-0.2, 0) is 11.4 Å². The molecule has 2 saturated carbocycles. The summed E-state index contributed by atoms with van der Waals surface area (Å²) in [4.78, 5) is 22.9. The molecule has 0 radical (unpaired) electrons.